The van der Waals surface area contributed by atoms with E-state index in [0.29, 0.717) is 29.2 Å². The second kappa shape index (κ2) is 13.0. The number of ketones is 1. The number of para-hydroxylation sites is 1. The third-order valence-electron chi connectivity index (χ3n) is 6.11. The molecule has 8 heteroatoms. The third kappa shape index (κ3) is 6.83. The fourth-order valence-corrected chi connectivity index (χ4v) is 4.42. The van der Waals surface area contributed by atoms with Crippen LogP contribution in [0, 0.1) is 5.82 Å². The lowest BCUT2D eigenvalue weighted by Gasteiger charge is -2.13. The highest BCUT2D eigenvalue weighted by atomic mass is 19.1. The van der Waals surface area contributed by atoms with Crippen LogP contribution in [0.1, 0.15) is 61.3 Å². The molecule has 0 aliphatic heterocycles. The first-order chi connectivity index (χ1) is 18.2. The van der Waals surface area contributed by atoms with Crippen molar-refractivity contribution in [2.24, 2.45) is 0 Å². The number of hydrogen-bond donors (Lipinski definition) is 2. The number of hydrogen-bond acceptors (Lipinski definition) is 5. The molecule has 3 rings (SSSR count). The van der Waals surface area contributed by atoms with Gasteiger partial charge in [-0.25, -0.2) is 4.39 Å². The number of anilines is 1. The molecule has 1 amide bonds. The van der Waals surface area contributed by atoms with Gasteiger partial charge in [0.15, 0.2) is 5.78 Å². The van der Waals surface area contributed by atoms with E-state index >= 15 is 0 Å². The second-order valence-electron chi connectivity index (χ2n) is 9.19. The van der Waals surface area contributed by atoms with Gasteiger partial charge in [-0.15, -0.1) is 0 Å². The number of aliphatic hydroxyl groups excluding tert-OH is 1. The Labute approximate surface area is 221 Å². The van der Waals surface area contributed by atoms with Gasteiger partial charge in [0, 0.05) is 29.9 Å². The highest BCUT2D eigenvalue weighted by Gasteiger charge is 2.28. The number of halogens is 1. The van der Waals surface area contributed by atoms with Gasteiger partial charge in [0.1, 0.15) is 11.5 Å². The van der Waals surface area contributed by atoms with E-state index in [1.54, 1.807) is 30.3 Å². The Kier molecular flexibility index (Phi) is 9.73. The summed E-state index contributed by atoms with van der Waals surface area (Å²) in [6, 6.07) is 15.1. The fourth-order valence-electron chi connectivity index (χ4n) is 4.42. The topological polar surface area (TPSA) is 97.6 Å². The number of carbonyl (C=O) groups is 3. The molecular weight excluding hydrogens is 487 g/mol. The van der Waals surface area contributed by atoms with E-state index in [0.717, 1.165) is 11.1 Å². The van der Waals surface area contributed by atoms with Crippen molar-refractivity contribution in [1.29, 1.82) is 0 Å². The Bertz CT molecular complexity index is 1310. The summed E-state index contributed by atoms with van der Waals surface area (Å²) in [4.78, 5) is 37.7. The maximum absolute atomic E-state index is 13.8. The normalized spacial score (nSPS) is 12.1. The zero-order valence-electron chi connectivity index (χ0n) is 22.0. The van der Waals surface area contributed by atoms with E-state index in [-0.39, 0.29) is 30.5 Å². The van der Waals surface area contributed by atoms with Crippen LogP contribution in [0.2, 0.25) is 0 Å². The number of carbonyl (C=O) groups excluding carboxylic acids is 3. The molecule has 0 spiro atoms. The minimum atomic E-state index is -1.17. The maximum Gasteiger partial charge on any atom is 0.308 e. The second-order valence-corrected chi connectivity index (χ2v) is 9.19. The Morgan fingerprint density at radius 1 is 1.05 bits per heavy atom. The molecule has 1 heterocycles. The van der Waals surface area contributed by atoms with E-state index in [4.69, 9.17) is 0 Å². The molecule has 0 radical (unpaired) electrons. The Hall–Kier alpha value is -4.04. The van der Waals surface area contributed by atoms with Crippen molar-refractivity contribution in [3.05, 3.63) is 83.4 Å². The van der Waals surface area contributed by atoms with Gasteiger partial charge in [-0.1, -0.05) is 44.2 Å². The summed E-state index contributed by atoms with van der Waals surface area (Å²) in [6.45, 7) is 6.28. The third-order valence-corrected chi connectivity index (χ3v) is 6.11. The molecule has 0 saturated heterocycles. The number of nitrogens with zero attached hydrogens (tertiary/aromatic N) is 1. The summed E-state index contributed by atoms with van der Waals surface area (Å²) in [5, 5.41) is 13.0. The van der Waals surface area contributed by atoms with Crippen LogP contribution in [-0.2, 0) is 20.9 Å². The Morgan fingerprint density at radius 3 is 2.29 bits per heavy atom. The summed E-state index contributed by atoms with van der Waals surface area (Å²) in [5.41, 5.74) is 3.89. The number of benzene rings is 2. The highest BCUT2D eigenvalue weighted by molar-refractivity contribution is 6.07. The first-order valence-corrected chi connectivity index (χ1v) is 12.5. The van der Waals surface area contributed by atoms with E-state index in [1.807, 2.05) is 43.5 Å². The van der Waals surface area contributed by atoms with Crippen LogP contribution in [0.4, 0.5) is 10.1 Å². The lowest BCUT2D eigenvalue weighted by atomic mass is 9.92. The lowest BCUT2D eigenvalue weighted by molar-refractivity contribution is -0.143. The van der Waals surface area contributed by atoms with Crippen molar-refractivity contribution in [3.8, 4) is 11.1 Å². The summed E-state index contributed by atoms with van der Waals surface area (Å²) < 4.78 is 20.2. The smallest absolute Gasteiger partial charge is 0.308 e. The number of rotatable bonds is 11. The largest absolute Gasteiger partial charge is 0.469 e. The lowest BCUT2D eigenvalue weighted by Crippen LogP contribution is -2.19. The van der Waals surface area contributed by atoms with Crippen molar-refractivity contribution in [1.82, 2.24) is 4.57 Å². The summed E-state index contributed by atoms with van der Waals surface area (Å²) in [6.07, 6.45) is 1.22. The molecule has 0 fully saturated rings. The molecule has 38 heavy (non-hydrogen) atoms. The molecule has 0 saturated carbocycles. The molecule has 1 atom stereocenters. The molecule has 3 aromatic rings. The van der Waals surface area contributed by atoms with E-state index in [1.165, 1.54) is 25.3 Å². The molecule has 0 unspecified atom stereocenters. The average molecular weight is 521 g/mol. The van der Waals surface area contributed by atoms with Gasteiger partial charge in [-0.3, -0.25) is 14.4 Å². The zero-order valence-corrected chi connectivity index (χ0v) is 22.0. The molecule has 0 bridgehead atoms. The molecule has 2 aromatic carbocycles. The van der Waals surface area contributed by atoms with Gasteiger partial charge in [-0.05, 0) is 60.4 Å². The van der Waals surface area contributed by atoms with Gasteiger partial charge >= 0.3 is 5.97 Å². The minimum Gasteiger partial charge on any atom is -0.469 e. The first-order valence-electron chi connectivity index (χ1n) is 12.5. The number of methoxy groups -OCH3 is 1. The number of aliphatic hydroxyl groups is 1. The number of nitrogens with one attached hydrogen (secondary N) is 1. The monoisotopic (exact) mass is 520 g/mol. The van der Waals surface area contributed by atoms with Gasteiger partial charge < -0.3 is 19.7 Å². The molecular formula is C30H33FN2O5. The first kappa shape index (κ1) is 28.5. The van der Waals surface area contributed by atoms with Crippen molar-refractivity contribution < 1.29 is 28.6 Å². The van der Waals surface area contributed by atoms with Crippen LogP contribution in [0.25, 0.3) is 17.2 Å². The van der Waals surface area contributed by atoms with Crippen LogP contribution < -0.4 is 5.32 Å². The van der Waals surface area contributed by atoms with Crippen LogP contribution >= 0.6 is 0 Å². The Morgan fingerprint density at radius 2 is 1.71 bits per heavy atom. The molecule has 1 aromatic heterocycles. The quantitative estimate of drug-likeness (QED) is 0.254. The maximum atomic E-state index is 13.8. The van der Waals surface area contributed by atoms with E-state index < -0.39 is 17.9 Å². The zero-order chi connectivity index (χ0) is 27.8. The number of aromatic nitrogens is 1. The molecule has 0 aliphatic carbocycles. The van der Waals surface area contributed by atoms with Gasteiger partial charge in [-0.2, -0.15) is 0 Å². The van der Waals surface area contributed by atoms with Crippen molar-refractivity contribution in [2.75, 3.05) is 12.4 Å². The van der Waals surface area contributed by atoms with Crippen LogP contribution in [0.5, 0.6) is 0 Å². The summed E-state index contributed by atoms with van der Waals surface area (Å²) >= 11 is 0. The molecule has 7 nitrogen and oxygen atoms in total. The van der Waals surface area contributed by atoms with Gasteiger partial charge in [0.05, 0.1) is 19.6 Å². The number of amides is 1. The van der Waals surface area contributed by atoms with Crippen molar-refractivity contribution in [2.45, 2.75) is 52.2 Å². The predicted molar refractivity (Wildman–Crippen MR) is 145 cm³/mol. The van der Waals surface area contributed by atoms with Gasteiger partial charge in [0.2, 0.25) is 0 Å². The number of esters is 1. The summed E-state index contributed by atoms with van der Waals surface area (Å²) in [7, 11) is 1.21. The Balaban J connectivity index is 2.12. The number of ether oxygens (including phenoxy) is 1. The average Bonchev–Trinajstić information content (AvgIpc) is 3.23. The van der Waals surface area contributed by atoms with E-state index in [9.17, 15) is 23.9 Å². The van der Waals surface area contributed by atoms with Crippen molar-refractivity contribution in [3.63, 3.8) is 0 Å². The molecule has 2 N–H and O–H groups in total. The van der Waals surface area contributed by atoms with Crippen LogP contribution in [0.15, 0.2) is 60.7 Å². The molecule has 0 aliphatic rings. The van der Waals surface area contributed by atoms with Gasteiger partial charge in [0.25, 0.3) is 5.91 Å². The summed E-state index contributed by atoms with van der Waals surface area (Å²) in [5.74, 6) is -1.77. The van der Waals surface area contributed by atoms with Crippen molar-refractivity contribution >= 4 is 29.4 Å². The fraction of sp³-hybridized carbons (Fsp3) is 0.300. The minimum absolute atomic E-state index is 0.0795. The predicted octanol–water partition coefficient (Wildman–Crippen LogP) is 5.59. The highest BCUT2D eigenvalue weighted by Crippen LogP contribution is 2.39. The number of allylic oxidation sites excluding steroid dienone is 1. The standard InChI is InChI=1S/C30H33FN2O5/c1-5-33-25(16-15-23(34)17-24(35)18-26(36)38-4)28(20-11-13-21(31)14-12-20)27(19(2)3)29(33)30(37)32-22-9-7-6-8-10-22/h6-16,19,24,35H,5,17-18H2,1-4H3,(H,32,37)/b16-15+/t24-/m1/s1. The van der Waals surface area contributed by atoms with E-state index in [2.05, 4.69) is 10.1 Å². The SMILES string of the molecule is CCn1c(/C=C/C(=O)C[C@@H](O)CC(=O)OC)c(-c2ccc(F)cc2)c(C(C)C)c1C(=O)Nc1ccccc1. The molecule has 200 valence electrons. The van der Waals surface area contributed by atoms with Crippen LogP contribution in [0.3, 0.4) is 0 Å². The van der Waals surface area contributed by atoms with Crippen LogP contribution in [-0.4, -0.2) is 40.5 Å².